The minimum absolute atomic E-state index is 0.180. The molecule has 0 saturated carbocycles. The SMILES string of the molecule is Fc1cc(F)c(NCc2cnc[nH]2)c(F)c1. The Morgan fingerprint density at radius 2 is 1.88 bits per heavy atom. The van der Waals surface area contributed by atoms with E-state index in [9.17, 15) is 13.2 Å². The van der Waals surface area contributed by atoms with Gasteiger partial charge < -0.3 is 10.3 Å². The largest absolute Gasteiger partial charge is 0.375 e. The van der Waals surface area contributed by atoms with Gasteiger partial charge in [0.25, 0.3) is 0 Å². The van der Waals surface area contributed by atoms with Crippen molar-refractivity contribution in [3.05, 3.63) is 47.8 Å². The van der Waals surface area contributed by atoms with Crippen molar-refractivity contribution < 1.29 is 13.2 Å². The van der Waals surface area contributed by atoms with Gasteiger partial charge in [-0.25, -0.2) is 18.2 Å². The van der Waals surface area contributed by atoms with E-state index < -0.39 is 17.5 Å². The molecule has 0 aliphatic rings. The predicted octanol–water partition coefficient (Wildman–Crippen LogP) is 2.44. The number of H-pyrrole nitrogens is 1. The van der Waals surface area contributed by atoms with Gasteiger partial charge in [0.05, 0.1) is 18.6 Å². The Morgan fingerprint density at radius 3 is 2.44 bits per heavy atom. The van der Waals surface area contributed by atoms with Crippen LogP contribution in [0.1, 0.15) is 5.69 Å². The van der Waals surface area contributed by atoms with Crippen molar-refractivity contribution in [2.24, 2.45) is 0 Å². The molecule has 0 unspecified atom stereocenters. The number of aromatic amines is 1. The second-order valence-electron chi connectivity index (χ2n) is 3.17. The lowest BCUT2D eigenvalue weighted by Gasteiger charge is -2.07. The molecule has 3 nitrogen and oxygen atoms in total. The molecule has 84 valence electrons. The van der Waals surface area contributed by atoms with Crippen molar-refractivity contribution in [1.29, 1.82) is 0 Å². The van der Waals surface area contributed by atoms with E-state index in [1.165, 1.54) is 12.5 Å². The van der Waals surface area contributed by atoms with Crippen LogP contribution in [0, 0.1) is 17.5 Å². The number of hydrogen-bond donors (Lipinski definition) is 2. The van der Waals surface area contributed by atoms with Gasteiger partial charge in [-0.05, 0) is 0 Å². The molecule has 0 bridgehead atoms. The zero-order valence-electron chi connectivity index (χ0n) is 8.10. The van der Waals surface area contributed by atoms with Crippen molar-refractivity contribution in [3.8, 4) is 0 Å². The maximum absolute atomic E-state index is 13.2. The van der Waals surface area contributed by atoms with E-state index in [2.05, 4.69) is 15.3 Å². The smallest absolute Gasteiger partial charge is 0.152 e. The Labute approximate surface area is 89.3 Å². The highest BCUT2D eigenvalue weighted by Crippen LogP contribution is 2.20. The molecule has 2 aromatic rings. The van der Waals surface area contributed by atoms with E-state index in [1.807, 2.05) is 0 Å². The first-order valence-electron chi connectivity index (χ1n) is 4.52. The van der Waals surface area contributed by atoms with Crippen molar-refractivity contribution in [2.45, 2.75) is 6.54 Å². The molecule has 0 spiro atoms. The monoisotopic (exact) mass is 227 g/mol. The van der Waals surface area contributed by atoms with E-state index in [4.69, 9.17) is 0 Å². The van der Waals surface area contributed by atoms with Crippen LogP contribution in [0.4, 0.5) is 18.9 Å². The summed E-state index contributed by atoms with van der Waals surface area (Å²) in [7, 11) is 0. The molecule has 1 heterocycles. The molecule has 1 aromatic carbocycles. The summed E-state index contributed by atoms with van der Waals surface area (Å²) in [6.07, 6.45) is 2.97. The number of nitrogens with one attached hydrogen (secondary N) is 2. The second-order valence-corrected chi connectivity index (χ2v) is 3.17. The third-order valence-corrected chi connectivity index (χ3v) is 2.02. The van der Waals surface area contributed by atoms with Crippen LogP contribution in [0.25, 0.3) is 0 Å². The fourth-order valence-electron chi connectivity index (χ4n) is 1.28. The number of rotatable bonds is 3. The number of hydrogen-bond acceptors (Lipinski definition) is 2. The first-order valence-corrected chi connectivity index (χ1v) is 4.52. The zero-order valence-corrected chi connectivity index (χ0v) is 8.10. The summed E-state index contributed by atoms with van der Waals surface area (Å²) < 4.78 is 38.9. The maximum atomic E-state index is 13.2. The summed E-state index contributed by atoms with van der Waals surface area (Å²) >= 11 is 0. The molecule has 6 heteroatoms. The first kappa shape index (κ1) is 10.5. The molecule has 1 aromatic heterocycles. The number of imidazole rings is 1. The number of halogens is 3. The minimum Gasteiger partial charge on any atom is -0.375 e. The van der Waals surface area contributed by atoms with Crippen molar-refractivity contribution in [2.75, 3.05) is 5.32 Å². The summed E-state index contributed by atoms with van der Waals surface area (Å²) in [5.74, 6) is -2.86. The molecule has 2 rings (SSSR count). The maximum Gasteiger partial charge on any atom is 0.152 e. The summed E-state index contributed by atoms with van der Waals surface area (Å²) in [6.45, 7) is 0.180. The number of anilines is 1. The lowest BCUT2D eigenvalue weighted by Crippen LogP contribution is -2.04. The van der Waals surface area contributed by atoms with Crippen LogP contribution in [-0.2, 0) is 6.54 Å². The van der Waals surface area contributed by atoms with Gasteiger partial charge in [0.1, 0.15) is 11.5 Å². The third-order valence-electron chi connectivity index (χ3n) is 2.02. The highest BCUT2D eigenvalue weighted by Gasteiger charge is 2.10. The topological polar surface area (TPSA) is 40.7 Å². The molecule has 0 aliphatic carbocycles. The van der Waals surface area contributed by atoms with Gasteiger partial charge >= 0.3 is 0 Å². The zero-order chi connectivity index (χ0) is 11.5. The Balaban J connectivity index is 2.15. The first-order chi connectivity index (χ1) is 7.66. The molecule has 0 saturated heterocycles. The number of nitrogens with zero attached hydrogens (tertiary/aromatic N) is 1. The van der Waals surface area contributed by atoms with Crippen molar-refractivity contribution in [1.82, 2.24) is 9.97 Å². The fraction of sp³-hybridized carbons (Fsp3) is 0.100. The fourth-order valence-corrected chi connectivity index (χ4v) is 1.28. The Kier molecular flexibility index (Phi) is 2.80. The summed E-state index contributed by atoms with van der Waals surface area (Å²) in [6, 6.07) is 1.25. The van der Waals surface area contributed by atoms with Crippen LogP contribution in [0.5, 0.6) is 0 Å². The van der Waals surface area contributed by atoms with E-state index in [0.29, 0.717) is 17.8 Å². The average Bonchev–Trinajstić information content (AvgIpc) is 2.68. The highest BCUT2D eigenvalue weighted by molar-refractivity contribution is 5.46. The van der Waals surface area contributed by atoms with Crippen LogP contribution in [0.15, 0.2) is 24.7 Å². The van der Waals surface area contributed by atoms with Crippen LogP contribution in [0.2, 0.25) is 0 Å². The summed E-state index contributed by atoms with van der Waals surface area (Å²) in [4.78, 5) is 6.52. The van der Waals surface area contributed by atoms with Crippen LogP contribution < -0.4 is 5.32 Å². The molecule has 0 radical (unpaired) electrons. The highest BCUT2D eigenvalue weighted by atomic mass is 19.1. The molecule has 16 heavy (non-hydrogen) atoms. The summed E-state index contributed by atoms with van der Waals surface area (Å²) in [5, 5.41) is 2.52. The van der Waals surface area contributed by atoms with Gasteiger partial charge in [-0.1, -0.05) is 0 Å². The summed E-state index contributed by atoms with van der Waals surface area (Å²) in [5.41, 5.74) is 0.319. The average molecular weight is 227 g/mol. The van der Waals surface area contributed by atoms with Crippen LogP contribution >= 0.6 is 0 Å². The Morgan fingerprint density at radius 1 is 1.19 bits per heavy atom. The number of benzene rings is 1. The van der Waals surface area contributed by atoms with Crippen molar-refractivity contribution >= 4 is 5.69 Å². The van der Waals surface area contributed by atoms with Gasteiger partial charge in [-0.2, -0.15) is 0 Å². The van der Waals surface area contributed by atoms with Crippen LogP contribution in [-0.4, -0.2) is 9.97 Å². The van der Waals surface area contributed by atoms with E-state index in [-0.39, 0.29) is 12.2 Å². The third kappa shape index (κ3) is 2.16. The lowest BCUT2D eigenvalue weighted by molar-refractivity contribution is 0.547. The molecular weight excluding hydrogens is 219 g/mol. The molecule has 0 amide bonds. The molecule has 0 aliphatic heterocycles. The Bertz CT molecular complexity index is 459. The number of aromatic nitrogens is 2. The second kappa shape index (κ2) is 4.26. The van der Waals surface area contributed by atoms with Crippen molar-refractivity contribution in [3.63, 3.8) is 0 Å². The molecule has 0 fully saturated rings. The van der Waals surface area contributed by atoms with E-state index in [1.54, 1.807) is 0 Å². The van der Waals surface area contributed by atoms with E-state index in [0.717, 1.165) is 0 Å². The minimum atomic E-state index is -0.961. The van der Waals surface area contributed by atoms with Gasteiger partial charge in [0.2, 0.25) is 0 Å². The van der Waals surface area contributed by atoms with Gasteiger partial charge in [-0.3, -0.25) is 0 Å². The standard InChI is InChI=1S/C10H8F3N3/c11-6-1-8(12)10(9(13)2-6)15-4-7-3-14-5-16-7/h1-3,5,15H,4H2,(H,14,16). The van der Waals surface area contributed by atoms with E-state index >= 15 is 0 Å². The molecule has 2 N–H and O–H groups in total. The normalized spacial score (nSPS) is 10.4. The predicted molar refractivity (Wildman–Crippen MR) is 52.2 cm³/mol. The Hall–Kier alpha value is -1.98. The van der Waals surface area contributed by atoms with Gasteiger partial charge in [0, 0.05) is 18.3 Å². The molecule has 0 atom stereocenters. The van der Waals surface area contributed by atoms with Gasteiger partial charge in [0.15, 0.2) is 11.6 Å². The lowest BCUT2D eigenvalue weighted by atomic mass is 10.2. The van der Waals surface area contributed by atoms with Gasteiger partial charge in [-0.15, -0.1) is 0 Å². The van der Waals surface area contributed by atoms with Crippen LogP contribution in [0.3, 0.4) is 0 Å². The quantitative estimate of drug-likeness (QED) is 0.845. The molecular formula is C10H8F3N3.